The van der Waals surface area contributed by atoms with Crippen molar-refractivity contribution in [1.82, 2.24) is 14.8 Å². The van der Waals surface area contributed by atoms with E-state index in [0.717, 1.165) is 43.9 Å². The van der Waals surface area contributed by atoms with Crippen LogP contribution in [0.4, 0.5) is 5.69 Å². The van der Waals surface area contributed by atoms with E-state index in [1.54, 1.807) is 4.57 Å². The van der Waals surface area contributed by atoms with Crippen LogP contribution in [0.3, 0.4) is 0 Å². The zero-order valence-corrected chi connectivity index (χ0v) is 12.6. The molecule has 0 radical (unpaired) electrons. The summed E-state index contributed by atoms with van der Waals surface area (Å²) in [6.07, 6.45) is 0. The van der Waals surface area contributed by atoms with E-state index in [9.17, 15) is 4.79 Å². The van der Waals surface area contributed by atoms with Crippen molar-refractivity contribution < 1.29 is 4.42 Å². The summed E-state index contributed by atoms with van der Waals surface area (Å²) in [7, 11) is 3.99. The number of oxazole rings is 1. The molecule has 1 aliphatic rings. The molecule has 0 atom stereocenters. The summed E-state index contributed by atoms with van der Waals surface area (Å²) in [6, 6.07) is 6.05. The lowest BCUT2D eigenvalue weighted by Gasteiger charge is -2.29. The molecule has 21 heavy (non-hydrogen) atoms. The highest BCUT2D eigenvalue weighted by Gasteiger charge is 2.14. The second-order valence-electron chi connectivity index (χ2n) is 5.71. The van der Waals surface area contributed by atoms with E-state index in [1.807, 2.05) is 26.2 Å². The van der Waals surface area contributed by atoms with Crippen molar-refractivity contribution in [2.24, 2.45) is 0 Å². The Morgan fingerprint density at radius 3 is 2.76 bits per heavy atom. The second-order valence-corrected chi connectivity index (χ2v) is 5.71. The van der Waals surface area contributed by atoms with Gasteiger partial charge in [-0.3, -0.25) is 4.57 Å². The molecule has 0 unspecified atom stereocenters. The number of aromatic nitrogens is 1. The van der Waals surface area contributed by atoms with Gasteiger partial charge in [-0.15, -0.1) is 0 Å². The van der Waals surface area contributed by atoms with E-state index in [1.165, 1.54) is 0 Å². The van der Waals surface area contributed by atoms with Gasteiger partial charge in [0.25, 0.3) is 0 Å². The van der Waals surface area contributed by atoms with E-state index in [2.05, 4.69) is 21.2 Å². The van der Waals surface area contributed by atoms with E-state index in [0.29, 0.717) is 12.1 Å². The van der Waals surface area contributed by atoms with Crippen LogP contribution in [0.1, 0.15) is 0 Å². The first-order chi connectivity index (χ1) is 10.1. The second kappa shape index (κ2) is 5.91. The number of nitrogens with one attached hydrogen (secondary N) is 1. The summed E-state index contributed by atoms with van der Waals surface area (Å²) in [5.74, 6) is -0.274. The van der Waals surface area contributed by atoms with Crippen LogP contribution in [0.2, 0.25) is 0 Å². The van der Waals surface area contributed by atoms with Crippen LogP contribution in [0, 0.1) is 0 Å². The van der Waals surface area contributed by atoms with Crippen LogP contribution >= 0.6 is 0 Å². The Bertz CT molecular complexity index is 668. The predicted molar refractivity (Wildman–Crippen MR) is 84.1 cm³/mol. The number of rotatable bonds is 4. The Hall–Kier alpha value is -1.79. The van der Waals surface area contributed by atoms with Crippen molar-refractivity contribution in [3.8, 4) is 0 Å². The molecule has 0 bridgehead atoms. The minimum absolute atomic E-state index is 0.274. The van der Waals surface area contributed by atoms with Crippen LogP contribution in [0.15, 0.2) is 27.4 Å². The zero-order valence-electron chi connectivity index (χ0n) is 12.6. The maximum atomic E-state index is 12.0. The normalized spacial score (nSPS) is 16.0. The first kappa shape index (κ1) is 14.2. The number of piperazine rings is 1. The molecule has 114 valence electrons. The van der Waals surface area contributed by atoms with Crippen LogP contribution in [-0.2, 0) is 6.54 Å². The van der Waals surface area contributed by atoms with Gasteiger partial charge in [-0.2, -0.15) is 0 Å². The first-order valence-corrected chi connectivity index (χ1v) is 7.39. The molecule has 1 aromatic heterocycles. The van der Waals surface area contributed by atoms with Gasteiger partial charge in [0.15, 0.2) is 5.58 Å². The zero-order chi connectivity index (χ0) is 14.8. The van der Waals surface area contributed by atoms with Crippen molar-refractivity contribution in [3.05, 3.63) is 28.7 Å². The summed E-state index contributed by atoms with van der Waals surface area (Å²) >= 11 is 0. The lowest BCUT2D eigenvalue weighted by Crippen LogP contribution is -2.43. The Kier molecular flexibility index (Phi) is 3.98. The van der Waals surface area contributed by atoms with Gasteiger partial charge >= 0.3 is 5.76 Å². The molecular weight excluding hydrogens is 268 g/mol. The number of benzene rings is 1. The molecule has 0 amide bonds. The minimum Gasteiger partial charge on any atom is -0.408 e. The highest BCUT2D eigenvalue weighted by Crippen LogP contribution is 2.22. The molecule has 1 fully saturated rings. The quantitative estimate of drug-likeness (QED) is 0.892. The van der Waals surface area contributed by atoms with Gasteiger partial charge < -0.3 is 19.5 Å². The Labute approximate surface area is 123 Å². The van der Waals surface area contributed by atoms with Crippen LogP contribution in [0.5, 0.6) is 0 Å². The highest BCUT2D eigenvalue weighted by molar-refractivity contribution is 5.78. The van der Waals surface area contributed by atoms with Gasteiger partial charge in [0.05, 0.1) is 5.52 Å². The van der Waals surface area contributed by atoms with Gasteiger partial charge in [-0.1, -0.05) is 0 Å². The van der Waals surface area contributed by atoms with E-state index >= 15 is 0 Å². The summed E-state index contributed by atoms with van der Waals surface area (Å²) in [5.41, 5.74) is 2.67. The molecule has 1 aromatic carbocycles. The summed E-state index contributed by atoms with van der Waals surface area (Å²) in [5, 5.41) is 3.34. The Balaban J connectivity index is 1.90. The molecule has 1 aliphatic heterocycles. The SMILES string of the molecule is CN(C)CCn1c(=O)oc2cc(N3CCNCC3)ccc21. The van der Waals surface area contributed by atoms with E-state index in [4.69, 9.17) is 4.42 Å². The third-order valence-electron chi connectivity index (χ3n) is 3.90. The number of likely N-dealkylation sites (N-methyl/N-ethyl adjacent to an activating group) is 1. The topological polar surface area (TPSA) is 53.7 Å². The molecule has 6 nitrogen and oxygen atoms in total. The van der Waals surface area contributed by atoms with Gasteiger partial charge in [-0.25, -0.2) is 4.79 Å². The smallest absolute Gasteiger partial charge is 0.408 e. The van der Waals surface area contributed by atoms with Crippen molar-refractivity contribution in [3.63, 3.8) is 0 Å². The van der Waals surface area contributed by atoms with Crippen molar-refractivity contribution in [2.45, 2.75) is 6.54 Å². The molecule has 1 N–H and O–H groups in total. The average Bonchev–Trinajstić information content (AvgIpc) is 2.80. The van der Waals surface area contributed by atoms with Gasteiger partial charge in [0.2, 0.25) is 0 Å². The van der Waals surface area contributed by atoms with E-state index < -0.39 is 0 Å². The fourth-order valence-electron chi connectivity index (χ4n) is 2.69. The number of nitrogens with zero attached hydrogens (tertiary/aromatic N) is 3. The average molecular weight is 290 g/mol. The summed E-state index contributed by atoms with van der Waals surface area (Å²) in [4.78, 5) is 16.4. The van der Waals surface area contributed by atoms with Gasteiger partial charge in [-0.05, 0) is 26.2 Å². The van der Waals surface area contributed by atoms with Crippen LogP contribution in [-0.4, -0.2) is 56.3 Å². The van der Waals surface area contributed by atoms with Crippen LogP contribution < -0.4 is 16.0 Å². The first-order valence-electron chi connectivity index (χ1n) is 7.39. The van der Waals surface area contributed by atoms with Crippen molar-refractivity contribution in [2.75, 3.05) is 51.7 Å². The van der Waals surface area contributed by atoms with Gasteiger partial charge in [0.1, 0.15) is 0 Å². The number of hydrogen-bond donors (Lipinski definition) is 1. The van der Waals surface area contributed by atoms with Gasteiger partial charge in [0, 0.05) is 51.0 Å². The molecule has 1 saturated heterocycles. The van der Waals surface area contributed by atoms with E-state index in [-0.39, 0.29) is 5.76 Å². The summed E-state index contributed by atoms with van der Waals surface area (Å²) < 4.78 is 7.11. The highest BCUT2D eigenvalue weighted by atomic mass is 16.4. The number of fused-ring (bicyclic) bond motifs is 1. The fourth-order valence-corrected chi connectivity index (χ4v) is 2.69. The standard InChI is InChI=1S/C15H22N4O2/c1-17(2)9-10-19-13-4-3-12(11-14(13)21-15(19)20)18-7-5-16-6-8-18/h3-4,11,16H,5-10H2,1-2H3. The van der Waals surface area contributed by atoms with Crippen molar-refractivity contribution >= 4 is 16.8 Å². The maximum Gasteiger partial charge on any atom is 0.419 e. The molecule has 2 heterocycles. The van der Waals surface area contributed by atoms with Crippen LogP contribution in [0.25, 0.3) is 11.1 Å². The molecule has 0 spiro atoms. The summed E-state index contributed by atoms with van der Waals surface area (Å²) in [6.45, 7) is 5.41. The predicted octanol–water partition coefficient (Wildman–Crippen LogP) is 0.566. The Morgan fingerprint density at radius 2 is 2.05 bits per heavy atom. The number of hydrogen-bond acceptors (Lipinski definition) is 5. The molecular formula is C15H22N4O2. The Morgan fingerprint density at radius 1 is 1.29 bits per heavy atom. The number of anilines is 1. The third-order valence-corrected chi connectivity index (χ3v) is 3.90. The molecule has 0 aliphatic carbocycles. The lowest BCUT2D eigenvalue weighted by molar-refractivity contribution is 0.374. The molecule has 0 saturated carbocycles. The third kappa shape index (κ3) is 2.96. The minimum atomic E-state index is -0.274. The lowest BCUT2D eigenvalue weighted by atomic mass is 10.2. The molecule has 3 rings (SSSR count). The van der Waals surface area contributed by atoms with Crippen molar-refractivity contribution in [1.29, 1.82) is 0 Å². The molecule has 6 heteroatoms. The largest absolute Gasteiger partial charge is 0.419 e. The fraction of sp³-hybridized carbons (Fsp3) is 0.533. The monoisotopic (exact) mass is 290 g/mol. The maximum absolute atomic E-state index is 12.0. The molecule has 2 aromatic rings.